The van der Waals surface area contributed by atoms with Crippen molar-refractivity contribution in [1.29, 1.82) is 0 Å². The molecule has 0 aliphatic heterocycles. The van der Waals surface area contributed by atoms with Crippen LogP contribution in [0.4, 0.5) is 16.5 Å². The molecule has 0 saturated carbocycles. The summed E-state index contributed by atoms with van der Waals surface area (Å²) in [5, 5.41) is 25.4. The summed E-state index contributed by atoms with van der Waals surface area (Å²) >= 11 is 4.67. The summed E-state index contributed by atoms with van der Waals surface area (Å²) in [6, 6.07) is 9.63. The minimum absolute atomic E-state index is 0.110. The zero-order chi connectivity index (χ0) is 22.0. The molecule has 11 heteroatoms. The number of thiazole rings is 1. The maximum absolute atomic E-state index is 12.7. The lowest BCUT2D eigenvalue weighted by Crippen LogP contribution is -2.13. The van der Waals surface area contributed by atoms with Gasteiger partial charge in [-0.05, 0) is 25.5 Å². The molecule has 0 unspecified atom stereocenters. The number of amides is 1. The van der Waals surface area contributed by atoms with Crippen LogP contribution in [0.1, 0.15) is 27.7 Å². The predicted octanol–water partition coefficient (Wildman–Crippen LogP) is 5.51. The number of aromatic nitrogens is 1. The van der Waals surface area contributed by atoms with Crippen LogP contribution < -0.4 is 5.32 Å². The molecule has 1 N–H and O–H groups in total. The van der Waals surface area contributed by atoms with Crippen molar-refractivity contribution in [3.63, 3.8) is 0 Å². The molecule has 3 rings (SSSR count). The van der Waals surface area contributed by atoms with Crippen LogP contribution in [0, 0.1) is 27.2 Å². The molecule has 0 aliphatic carbocycles. The first-order valence-corrected chi connectivity index (χ1v) is 10.3. The Hall–Kier alpha value is -3.18. The number of nitro groups is 2. The van der Waals surface area contributed by atoms with Gasteiger partial charge in [-0.2, -0.15) is 0 Å². The Morgan fingerprint density at radius 2 is 1.70 bits per heavy atom. The highest BCUT2D eigenvalue weighted by Gasteiger charge is 2.26. The molecule has 1 heterocycles. The Kier molecular flexibility index (Phi) is 6.22. The van der Waals surface area contributed by atoms with Gasteiger partial charge in [-0.1, -0.05) is 35.0 Å². The van der Waals surface area contributed by atoms with Crippen LogP contribution in [0.2, 0.25) is 0 Å². The van der Waals surface area contributed by atoms with Crippen LogP contribution in [-0.4, -0.2) is 20.7 Å². The van der Waals surface area contributed by atoms with E-state index in [1.165, 1.54) is 18.3 Å². The highest BCUT2D eigenvalue weighted by molar-refractivity contribution is 9.10. The number of carbonyl (C=O) groups excluding carboxylic acids is 1. The normalized spacial score (nSPS) is 10.6. The summed E-state index contributed by atoms with van der Waals surface area (Å²) in [7, 11) is 0. The third kappa shape index (κ3) is 4.36. The molecule has 0 spiro atoms. The van der Waals surface area contributed by atoms with Gasteiger partial charge in [0, 0.05) is 27.0 Å². The first kappa shape index (κ1) is 21.5. The van der Waals surface area contributed by atoms with Crippen LogP contribution in [0.5, 0.6) is 0 Å². The zero-order valence-electron chi connectivity index (χ0n) is 15.8. The minimum Gasteiger partial charge on any atom is -0.298 e. The van der Waals surface area contributed by atoms with Crippen molar-refractivity contribution >= 4 is 49.7 Å². The standard InChI is InChI=1S/C19H15BrN4O5S/c1-3-16-17(11-4-6-13(20)7-5-11)21-19(30-16)22-18(25)12-8-14(23(26)27)10(2)15(9-12)24(28)29/h4-9H,3H2,1-2H3,(H,21,22,25). The monoisotopic (exact) mass is 490 g/mol. The van der Waals surface area contributed by atoms with Crippen LogP contribution in [0.3, 0.4) is 0 Å². The molecule has 0 aliphatic rings. The third-order valence-corrected chi connectivity index (χ3v) is 6.01. The number of nitrogens with zero attached hydrogens (tertiary/aromatic N) is 3. The number of anilines is 1. The Morgan fingerprint density at radius 1 is 1.13 bits per heavy atom. The quantitative estimate of drug-likeness (QED) is 0.358. The van der Waals surface area contributed by atoms with Gasteiger partial charge in [-0.15, -0.1) is 11.3 Å². The summed E-state index contributed by atoms with van der Waals surface area (Å²) in [6.07, 6.45) is 0.695. The lowest BCUT2D eigenvalue weighted by atomic mass is 10.1. The number of carbonyl (C=O) groups is 1. The van der Waals surface area contributed by atoms with Crippen LogP contribution >= 0.6 is 27.3 Å². The SMILES string of the molecule is CCc1sc(NC(=O)c2cc([N+](=O)[O-])c(C)c([N+](=O)[O-])c2)nc1-c1ccc(Br)cc1. The fourth-order valence-corrected chi connectivity index (χ4v) is 4.02. The average molecular weight is 491 g/mol. The number of halogens is 1. The molecule has 3 aromatic rings. The predicted molar refractivity (Wildman–Crippen MR) is 117 cm³/mol. The van der Waals surface area contributed by atoms with Crippen molar-refractivity contribution in [3.05, 3.63) is 77.1 Å². The Bertz CT molecular complexity index is 1130. The van der Waals surface area contributed by atoms with Gasteiger partial charge < -0.3 is 0 Å². The maximum atomic E-state index is 12.7. The summed E-state index contributed by atoms with van der Waals surface area (Å²) in [4.78, 5) is 39.1. The van der Waals surface area contributed by atoms with Crippen molar-refractivity contribution in [2.24, 2.45) is 0 Å². The Balaban J connectivity index is 1.96. The van der Waals surface area contributed by atoms with Gasteiger partial charge in [-0.25, -0.2) is 4.98 Å². The highest BCUT2D eigenvalue weighted by Crippen LogP contribution is 2.33. The van der Waals surface area contributed by atoms with Gasteiger partial charge in [0.05, 0.1) is 21.1 Å². The molecule has 1 amide bonds. The molecule has 0 bridgehead atoms. The largest absolute Gasteiger partial charge is 0.298 e. The number of benzene rings is 2. The van der Waals surface area contributed by atoms with E-state index in [2.05, 4.69) is 26.2 Å². The molecule has 2 aromatic carbocycles. The van der Waals surface area contributed by atoms with E-state index in [9.17, 15) is 25.0 Å². The average Bonchev–Trinajstić information content (AvgIpc) is 3.10. The molecular weight excluding hydrogens is 476 g/mol. The summed E-state index contributed by atoms with van der Waals surface area (Å²) in [5.41, 5.74) is 0.343. The van der Waals surface area contributed by atoms with E-state index in [4.69, 9.17) is 0 Å². The van der Waals surface area contributed by atoms with E-state index in [1.54, 1.807) is 0 Å². The van der Waals surface area contributed by atoms with Gasteiger partial charge in [0.15, 0.2) is 5.13 Å². The number of hydrogen-bond donors (Lipinski definition) is 1. The molecule has 0 saturated heterocycles. The molecule has 9 nitrogen and oxygen atoms in total. The van der Waals surface area contributed by atoms with Crippen LogP contribution in [0.15, 0.2) is 40.9 Å². The van der Waals surface area contributed by atoms with Crippen LogP contribution in [-0.2, 0) is 6.42 Å². The molecule has 154 valence electrons. The van der Waals surface area contributed by atoms with Gasteiger partial charge in [0.2, 0.25) is 0 Å². The lowest BCUT2D eigenvalue weighted by Gasteiger charge is -2.05. The highest BCUT2D eigenvalue weighted by atomic mass is 79.9. The van der Waals surface area contributed by atoms with Crippen molar-refractivity contribution in [3.8, 4) is 11.3 Å². The smallest absolute Gasteiger partial charge is 0.279 e. The fourth-order valence-electron chi connectivity index (χ4n) is 2.84. The number of hydrogen-bond acceptors (Lipinski definition) is 7. The van der Waals surface area contributed by atoms with E-state index in [1.807, 2.05) is 31.2 Å². The minimum atomic E-state index is -0.747. The van der Waals surface area contributed by atoms with E-state index in [-0.39, 0.29) is 11.1 Å². The third-order valence-electron chi connectivity index (χ3n) is 4.37. The van der Waals surface area contributed by atoms with E-state index >= 15 is 0 Å². The molecule has 1 aromatic heterocycles. The summed E-state index contributed by atoms with van der Waals surface area (Å²) in [5.74, 6) is -0.708. The number of aryl methyl sites for hydroxylation is 1. The second kappa shape index (κ2) is 8.67. The molecular formula is C19H15BrN4O5S. The van der Waals surface area contributed by atoms with Gasteiger partial charge in [0.25, 0.3) is 17.3 Å². The van der Waals surface area contributed by atoms with Gasteiger partial charge in [0.1, 0.15) is 5.56 Å². The zero-order valence-corrected chi connectivity index (χ0v) is 18.2. The van der Waals surface area contributed by atoms with Crippen molar-refractivity contribution in [2.45, 2.75) is 20.3 Å². The molecule has 0 atom stereocenters. The van der Waals surface area contributed by atoms with Crippen molar-refractivity contribution in [1.82, 2.24) is 4.98 Å². The molecule has 0 fully saturated rings. The number of nitrogens with one attached hydrogen (secondary N) is 1. The van der Waals surface area contributed by atoms with E-state index < -0.39 is 27.1 Å². The summed E-state index contributed by atoms with van der Waals surface area (Å²) < 4.78 is 0.926. The van der Waals surface area contributed by atoms with Crippen molar-refractivity contribution in [2.75, 3.05) is 5.32 Å². The molecule has 0 radical (unpaired) electrons. The lowest BCUT2D eigenvalue weighted by molar-refractivity contribution is -0.395. The van der Waals surface area contributed by atoms with Crippen molar-refractivity contribution < 1.29 is 14.6 Å². The van der Waals surface area contributed by atoms with E-state index in [0.717, 1.165) is 32.7 Å². The van der Waals surface area contributed by atoms with Gasteiger partial charge >= 0.3 is 0 Å². The number of rotatable bonds is 6. The second-order valence-electron chi connectivity index (χ2n) is 6.26. The summed E-state index contributed by atoms with van der Waals surface area (Å²) in [6.45, 7) is 3.24. The number of nitro benzene ring substituents is 2. The fraction of sp³-hybridized carbons (Fsp3) is 0.158. The maximum Gasteiger partial charge on any atom is 0.279 e. The first-order valence-electron chi connectivity index (χ1n) is 8.71. The second-order valence-corrected chi connectivity index (χ2v) is 8.26. The first-order chi connectivity index (χ1) is 14.2. The Labute approximate surface area is 183 Å². The topological polar surface area (TPSA) is 128 Å². The van der Waals surface area contributed by atoms with Crippen LogP contribution in [0.25, 0.3) is 11.3 Å². The molecule has 30 heavy (non-hydrogen) atoms. The van der Waals surface area contributed by atoms with E-state index in [0.29, 0.717) is 11.6 Å². The van der Waals surface area contributed by atoms with Gasteiger partial charge in [-0.3, -0.25) is 30.3 Å². The Morgan fingerprint density at radius 3 is 2.20 bits per heavy atom.